The maximum absolute atomic E-state index is 11.5. The molecule has 0 radical (unpaired) electrons. The minimum absolute atomic E-state index is 0.0148. The van der Waals surface area contributed by atoms with Gasteiger partial charge in [0, 0.05) is 19.5 Å². The van der Waals surface area contributed by atoms with Crippen LogP contribution in [-0.4, -0.2) is 83.6 Å². The average Bonchev–Trinajstić information content (AvgIpc) is 2.74. The molecule has 0 aromatic heterocycles. The van der Waals surface area contributed by atoms with E-state index in [1.807, 2.05) is 0 Å². The van der Waals surface area contributed by atoms with Gasteiger partial charge in [-0.3, -0.25) is 19.2 Å². The van der Waals surface area contributed by atoms with Gasteiger partial charge in [0.15, 0.2) is 0 Å². The van der Waals surface area contributed by atoms with Crippen LogP contribution < -0.4 is 10.6 Å². The number of aliphatic hydroxyl groups excluding tert-OH is 2. The minimum Gasteiger partial charge on any atom is -0.469 e. The topological polar surface area (TPSA) is 151 Å². The van der Waals surface area contributed by atoms with Gasteiger partial charge in [0.05, 0.1) is 37.7 Å². The molecule has 0 bridgehead atoms. The molecule has 12 heteroatoms. The van der Waals surface area contributed by atoms with Gasteiger partial charge in [0.25, 0.3) is 0 Å². The van der Waals surface area contributed by atoms with Gasteiger partial charge in [0.1, 0.15) is 4.32 Å². The fourth-order valence-corrected chi connectivity index (χ4v) is 2.89. The van der Waals surface area contributed by atoms with E-state index in [0.717, 1.165) is 0 Å². The van der Waals surface area contributed by atoms with Crippen molar-refractivity contribution < 1.29 is 38.9 Å². The molecule has 0 spiro atoms. The molecular weight excluding hydrogens is 556 g/mol. The highest BCUT2D eigenvalue weighted by Gasteiger charge is 2.33. The van der Waals surface area contributed by atoms with Crippen LogP contribution in [0.5, 0.6) is 0 Å². The first kappa shape index (κ1) is 35.4. The van der Waals surface area contributed by atoms with Crippen molar-refractivity contribution in [2.24, 2.45) is 5.41 Å². The summed E-state index contributed by atoms with van der Waals surface area (Å²) in [5.74, 6) is -0.866. The second-order valence-electron chi connectivity index (χ2n) is 7.45. The van der Waals surface area contributed by atoms with Crippen LogP contribution >= 0.6 is 31.9 Å². The van der Waals surface area contributed by atoms with E-state index in [4.69, 9.17) is 10.2 Å². The first-order chi connectivity index (χ1) is 14.6. The van der Waals surface area contributed by atoms with E-state index in [2.05, 4.69) is 52.0 Å². The number of hydrogen-bond acceptors (Lipinski definition) is 8. The van der Waals surface area contributed by atoms with Gasteiger partial charge in [-0.1, -0.05) is 38.8 Å². The second kappa shape index (κ2) is 19.2. The third-order valence-electron chi connectivity index (χ3n) is 3.55. The fraction of sp³-hybridized carbons (Fsp3) is 0.800. The molecule has 2 amide bonds. The van der Waals surface area contributed by atoms with Crippen LogP contribution in [0.2, 0.25) is 0 Å². The predicted molar refractivity (Wildman–Crippen MR) is 129 cm³/mol. The number of ether oxygens (including phenoxy) is 2. The lowest BCUT2D eigenvalue weighted by molar-refractivity contribution is -0.151. The summed E-state index contributed by atoms with van der Waals surface area (Å²) < 4.78 is 8.53. The maximum atomic E-state index is 11.5. The van der Waals surface area contributed by atoms with Gasteiger partial charge in [-0.25, -0.2) is 0 Å². The first-order valence-electron chi connectivity index (χ1n) is 9.90. The Hall–Kier alpha value is -1.24. The summed E-state index contributed by atoms with van der Waals surface area (Å²) in [6, 6.07) is 0. The van der Waals surface area contributed by atoms with E-state index in [0.29, 0.717) is 19.4 Å². The molecule has 0 aliphatic heterocycles. The molecule has 0 rings (SSSR count). The number of hydrogen-bond donors (Lipinski definition) is 4. The molecule has 0 aliphatic rings. The van der Waals surface area contributed by atoms with E-state index in [9.17, 15) is 19.2 Å². The molecule has 0 fully saturated rings. The van der Waals surface area contributed by atoms with Crippen LogP contribution in [-0.2, 0) is 28.7 Å². The molecule has 0 heterocycles. The van der Waals surface area contributed by atoms with E-state index in [1.54, 1.807) is 34.6 Å². The highest BCUT2D eigenvalue weighted by atomic mass is 79.9. The van der Waals surface area contributed by atoms with Crippen molar-refractivity contribution in [2.45, 2.75) is 56.6 Å². The Morgan fingerprint density at radius 3 is 1.66 bits per heavy atom. The molecule has 32 heavy (non-hydrogen) atoms. The normalized spacial score (nSPS) is 11.5. The van der Waals surface area contributed by atoms with E-state index in [1.165, 1.54) is 14.2 Å². The number of rotatable bonds is 10. The summed E-state index contributed by atoms with van der Waals surface area (Å²) >= 11 is 6.33. The third-order valence-corrected chi connectivity index (χ3v) is 4.61. The number of halogens is 2. The molecule has 0 aliphatic carbocycles. The third kappa shape index (κ3) is 19.4. The number of carbonyl (C=O) groups is 4. The molecule has 0 aromatic rings. The largest absolute Gasteiger partial charge is 0.469 e. The SMILES string of the molecule is CCC(=O)NCCO.COC(=O)C(C)(C)Br.COC(=O)C(C)(C)CC(Br)C(=O)NCCO. The molecule has 1 atom stereocenters. The zero-order chi connectivity index (χ0) is 26.0. The van der Waals surface area contributed by atoms with E-state index < -0.39 is 14.6 Å². The highest BCUT2D eigenvalue weighted by molar-refractivity contribution is 9.10. The number of nitrogens with one attached hydrogen (secondary N) is 2. The quantitative estimate of drug-likeness (QED) is 0.218. The predicted octanol–water partition coefficient (Wildman–Crippen LogP) is 1.29. The van der Waals surface area contributed by atoms with Crippen LogP contribution in [0, 0.1) is 5.41 Å². The van der Waals surface area contributed by atoms with Crippen molar-refractivity contribution in [3.63, 3.8) is 0 Å². The Labute approximate surface area is 207 Å². The summed E-state index contributed by atoms with van der Waals surface area (Å²) in [5.41, 5.74) is -0.723. The van der Waals surface area contributed by atoms with Gasteiger partial charge >= 0.3 is 11.9 Å². The number of amides is 2. The average molecular weight is 594 g/mol. The van der Waals surface area contributed by atoms with Crippen LogP contribution in [0.3, 0.4) is 0 Å². The number of carbonyl (C=O) groups excluding carboxylic acids is 4. The molecule has 10 nitrogen and oxygen atoms in total. The molecule has 0 saturated carbocycles. The van der Waals surface area contributed by atoms with Gasteiger partial charge in [-0.15, -0.1) is 0 Å². The zero-order valence-electron chi connectivity index (χ0n) is 19.9. The zero-order valence-corrected chi connectivity index (χ0v) is 23.1. The summed E-state index contributed by atoms with van der Waals surface area (Å²) in [6.45, 7) is 9.16. The number of alkyl halides is 2. The van der Waals surface area contributed by atoms with Gasteiger partial charge < -0.3 is 30.3 Å². The molecule has 0 saturated heterocycles. The van der Waals surface area contributed by atoms with Crippen molar-refractivity contribution in [1.29, 1.82) is 0 Å². The lowest BCUT2D eigenvalue weighted by atomic mass is 9.88. The van der Waals surface area contributed by atoms with Crippen LogP contribution in [0.25, 0.3) is 0 Å². The minimum atomic E-state index is -0.723. The fourth-order valence-electron chi connectivity index (χ4n) is 1.75. The Morgan fingerprint density at radius 2 is 1.34 bits per heavy atom. The second-order valence-corrected chi connectivity index (χ2v) is 10.5. The van der Waals surface area contributed by atoms with Gasteiger partial charge in [0.2, 0.25) is 11.8 Å². The lowest BCUT2D eigenvalue weighted by Gasteiger charge is -2.23. The molecular formula is C20H38Br2N2O8. The Bertz CT molecular complexity index is 566. The lowest BCUT2D eigenvalue weighted by Crippen LogP contribution is -2.38. The van der Waals surface area contributed by atoms with Gasteiger partial charge in [-0.2, -0.15) is 0 Å². The van der Waals surface area contributed by atoms with Crippen LogP contribution in [0.15, 0.2) is 0 Å². The maximum Gasteiger partial charge on any atom is 0.322 e. The molecule has 1 unspecified atom stereocenters. The van der Waals surface area contributed by atoms with E-state index >= 15 is 0 Å². The number of aliphatic hydroxyl groups is 2. The van der Waals surface area contributed by atoms with Gasteiger partial charge in [-0.05, 0) is 34.1 Å². The molecule has 4 N–H and O–H groups in total. The Kier molecular flexibility index (Phi) is 21.3. The molecule has 190 valence electrons. The van der Waals surface area contributed by atoms with Crippen LogP contribution in [0.1, 0.15) is 47.5 Å². The van der Waals surface area contributed by atoms with Crippen molar-refractivity contribution in [3.8, 4) is 0 Å². The summed E-state index contributed by atoms with van der Waals surface area (Å²) in [6.07, 6.45) is 0.816. The number of methoxy groups -OCH3 is 2. The highest BCUT2D eigenvalue weighted by Crippen LogP contribution is 2.27. The smallest absolute Gasteiger partial charge is 0.322 e. The van der Waals surface area contributed by atoms with Crippen molar-refractivity contribution in [2.75, 3.05) is 40.5 Å². The Balaban J connectivity index is -0.000000441. The van der Waals surface area contributed by atoms with Crippen molar-refractivity contribution >= 4 is 55.6 Å². The van der Waals surface area contributed by atoms with Crippen molar-refractivity contribution in [3.05, 3.63) is 0 Å². The number of esters is 2. The standard InChI is InChI=1S/C10H18BrNO4.C5H9BrO2.C5H11NO2/c1-10(2,9(15)16-3)6-7(11)8(14)12-4-5-13;1-5(2,6)4(7)8-3;1-2-5(8)6-3-4-7/h7,13H,4-6H2,1-3H3,(H,12,14);1-3H3;7H,2-4H2,1H3,(H,6,8). The van der Waals surface area contributed by atoms with Crippen molar-refractivity contribution in [1.82, 2.24) is 10.6 Å². The summed E-state index contributed by atoms with van der Waals surface area (Å²) in [7, 11) is 2.69. The van der Waals surface area contributed by atoms with Crippen LogP contribution in [0.4, 0.5) is 0 Å². The van der Waals surface area contributed by atoms with E-state index in [-0.39, 0.29) is 43.5 Å². The molecule has 0 aromatic carbocycles. The Morgan fingerprint density at radius 1 is 0.906 bits per heavy atom. The first-order valence-corrected chi connectivity index (χ1v) is 11.6. The summed E-state index contributed by atoms with van der Waals surface area (Å²) in [4.78, 5) is 43.3. The monoisotopic (exact) mass is 592 g/mol. The summed E-state index contributed by atoms with van der Waals surface area (Å²) in [5, 5.41) is 21.8.